The maximum Gasteiger partial charge on any atom is 0.230 e. The number of carbonyl (C=O) groups excluding carboxylic acids is 1. The Labute approximate surface area is 179 Å². The van der Waals surface area contributed by atoms with Crippen molar-refractivity contribution < 1.29 is 9.53 Å². The molecule has 0 aliphatic carbocycles. The zero-order valence-electron chi connectivity index (χ0n) is 16.4. The number of aromatic nitrogens is 3. The van der Waals surface area contributed by atoms with Crippen LogP contribution in [0.25, 0.3) is 17.1 Å². The van der Waals surface area contributed by atoms with Crippen LogP contribution in [-0.2, 0) is 4.79 Å². The van der Waals surface area contributed by atoms with Crippen LogP contribution >= 0.6 is 23.4 Å². The highest BCUT2D eigenvalue weighted by Gasteiger charge is 2.17. The predicted molar refractivity (Wildman–Crippen MR) is 117 cm³/mol. The molecular weight excluding hydrogens is 408 g/mol. The Morgan fingerprint density at radius 1 is 1.17 bits per heavy atom. The van der Waals surface area contributed by atoms with Crippen LogP contribution in [0, 0.1) is 0 Å². The van der Waals surface area contributed by atoms with Gasteiger partial charge in [-0.05, 0) is 49.7 Å². The molecule has 0 aliphatic heterocycles. The van der Waals surface area contributed by atoms with E-state index in [1.165, 1.54) is 11.8 Å². The van der Waals surface area contributed by atoms with Crippen LogP contribution in [0.3, 0.4) is 0 Å². The number of hydrogen-bond acceptors (Lipinski definition) is 5. The number of benzene rings is 2. The Balaban J connectivity index is 1.95. The molecule has 1 heterocycles. The second-order valence-electron chi connectivity index (χ2n) is 6.22. The maximum atomic E-state index is 12.0. The van der Waals surface area contributed by atoms with Crippen LogP contribution in [-0.4, -0.2) is 39.6 Å². The molecule has 2 aromatic carbocycles. The average Bonchev–Trinajstić information content (AvgIpc) is 3.15. The largest absolute Gasteiger partial charge is 0.494 e. The minimum absolute atomic E-state index is 0.0256. The molecule has 3 rings (SSSR count). The van der Waals surface area contributed by atoms with E-state index in [0.717, 1.165) is 23.4 Å². The van der Waals surface area contributed by atoms with Crippen molar-refractivity contribution in [3.63, 3.8) is 0 Å². The summed E-state index contributed by atoms with van der Waals surface area (Å²) >= 11 is 7.52. The number of ether oxygens (including phenoxy) is 1. The smallest absolute Gasteiger partial charge is 0.230 e. The highest BCUT2D eigenvalue weighted by molar-refractivity contribution is 7.99. The first-order valence-corrected chi connectivity index (χ1v) is 10.8. The molecule has 0 bridgehead atoms. The van der Waals surface area contributed by atoms with Gasteiger partial charge in [0.2, 0.25) is 5.91 Å². The molecule has 0 atom stereocenters. The van der Waals surface area contributed by atoms with E-state index in [0.29, 0.717) is 29.2 Å². The number of thioether (sulfide) groups is 1. The first-order valence-electron chi connectivity index (χ1n) is 9.46. The first-order chi connectivity index (χ1) is 14.1. The molecule has 0 saturated heterocycles. The molecule has 3 aromatic rings. The summed E-state index contributed by atoms with van der Waals surface area (Å²) in [5.41, 5.74) is 1.73. The number of nitrogens with one attached hydrogen (secondary N) is 1. The lowest BCUT2D eigenvalue weighted by Gasteiger charge is -2.12. The van der Waals surface area contributed by atoms with Gasteiger partial charge in [-0.1, -0.05) is 42.4 Å². The molecule has 0 saturated carbocycles. The maximum absolute atomic E-state index is 12.0. The van der Waals surface area contributed by atoms with Crippen LogP contribution < -0.4 is 10.1 Å². The number of amides is 1. The number of halogens is 1. The van der Waals surface area contributed by atoms with Crippen molar-refractivity contribution in [1.29, 1.82) is 0 Å². The quantitative estimate of drug-likeness (QED) is 0.502. The SMILES string of the molecule is CCCNC(=O)CSc1nnc(-c2cccc(Cl)c2)n1-c1ccc(OCC)cc1. The standard InChI is InChI=1S/C21H23ClN4O2S/c1-3-12-23-19(27)14-29-21-25-24-20(15-6-5-7-16(22)13-15)26(21)17-8-10-18(11-9-17)28-4-2/h5-11,13H,3-4,12,14H2,1-2H3,(H,23,27). The minimum Gasteiger partial charge on any atom is -0.494 e. The summed E-state index contributed by atoms with van der Waals surface area (Å²) in [5.74, 6) is 1.70. The molecule has 1 aromatic heterocycles. The summed E-state index contributed by atoms with van der Waals surface area (Å²) in [5, 5.41) is 12.8. The lowest BCUT2D eigenvalue weighted by molar-refractivity contribution is -0.118. The van der Waals surface area contributed by atoms with Gasteiger partial charge in [0.15, 0.2) is 11.0 Å². The van der Waals surface area contributed by atoms with Crippen LogP contribution in [0.2, 0.25) is 5.02 Å². The summed E-state index contributed by atoms with van der Waals surface area (Å²) in [7, 11) is 0. The summed E-state index contributed by atoms with van der Waals surface area (Å²) < 4.78 is 7.47. The van der Waals surface area contributed by atoms with E-state index in [2.05, 4.69) is 15.5 Å². The fourth-order valence-electron chi connectivity index (χ4n) is 2.71. The zero-order chi connectivity index (χ0) is 20.6. The van der Waals surface area contributed by atoms with E-state index >= 15 is 0 Å². The lowest BCUT2D eigenvalue weighted by atomic mass is 10.2. The summed E-state index contributed by atoms with van der Waals surface area (Å²) in [4.78, 5) is 12.0. The average molecular weight is 431 g/mol. The van der Waals surface area contributed by atoms with E-state index in [9.17, 15) is 4.79 Å². The molecular formula is C21H23ClN4O2S. The molecule has 29 heavy (non-hydrogen) atoms. The molecule has 0 spiro atoms. The summed E-state index contributed by atoms with van der Waals surface area (Å²) in [6.45, 7) is 5.24. The van der Waals surface area contributed by atoms with E-state index in [4.69, 9.17) is 16.3 Å². The third kappa shape index (κ3) is 5.52. The van der Waals surface area contributed by atoms with Gasteiger partial charge in [-0.3, -0.25) is 9.36 Å². The van der Waals surface area contributed by atoms with Crippen LogP contribution in [0.15, 0.2) is 53.7 Å². The van der Waals surface area contributed by atoms with Crippen molar-refractivity contribution in [3.8, 4) is 22.8 Å². The summed E-state index contributed by atoms with van der Waals surface area (Å²) in [6.07, 6.45) is 0.900. The molecule has 0 unspecified atom stereocenters. The number of nitrogens with zero attached hydrogens (tertiary/aromatic N) is 3. The Kier molecular flexibility index (Phi) is 7.55. The molecule has 1 amide bonds. The monoisotopic (exact) mass is 430 g/mol. The van der Waals surface area contributed by atoms with Crippen molar-refractivity contribution in [2.24, 2.45) is 0 Å². The third-order valence-electron chi connectivity index (χ3n) is 4.03. The van der Waals surface area contributed by atoms with Gasteiger partial charge >= 0.3 is 0 Å². The zero-order valence-corrected chi connectivity index (χ0v) is 18.0. The molecule has 8 heteroatoms. The topological polar surface area (TPSA) is 69.0 Å². The fourth-order valence-corrected chi connectivity index (χ4v) is 3.69. The van der Waals surface area contributed by atoms with E-state index < -0.39 is 0 Å². The highest BCUT2D eigenvalue weighted by atomic mass is 35.5. The Bertz CT molecular complexity index is 960. The van der Waals surface area contributed by atoms with Gasteiger partial charge in [0, 0.05) is 22.8 Å². The van der Waals surface area contributed by atoms with E-state index in [-0.39, 0.29) is 11.7 Å². The van der Waals surface area contributed by atoms with E-state index in [1.807, 2.05) is 66.9 Å². The van der Waals surface area contributed by atoms with Crippen LogP contribution in [0.1, 0.15) is 20.3 Å². The van der Waals surface area contributed by atoms with Crippen molar-refractivity contribution in [2.75, 3.05) is 18.9 Å². The van der Waals surface area contributed by atoms with Gasteiger partial charge in [-0.15, -0.1) is 10.2 Å². The van der Waals surface area contributed by atoms with Crippen molar-refractivity contribution in [3.05, 3.63) is 53.6 Å². The van der Waals surface area contributed by atoms with Gasteiger partial charge in [0.05, 0.1) is 12.4 Å². The first kappa shape index (κ1) is 21.2. The number of hydrogen-bond donors (Lipinski definition) is 1. The van der Waals surface area contributed by atoms with Gasteiger partial charge < -0.3 is 10.1 Å². The molecule has 0 fully saturated rings. The molecule has 152 valence electrons. The number of carbonyl (C=O) groups is 1. The normalized spacial score (nSPS) is 10.7. The molecule has 0 radical (unpaired) electrons. The Morgan fingerprint density at radius 3 is 2.66 bits per heavy atom. The second kappa shape index (κ2) is 10.3. The second-order valence-corrected chi connectivity index (χ2v) is 7.60. The fraction of sp³-hybridized carbons (Fsp3) is 0.286. The van der Waals surface area contributed by atoms with E-state index in [1.54, 1.807) is 0 Å². The number of rotatable bonds is 9. The summed E-state index contributed by atoms with van der Waals surface area (Å²) in [6, 6.07) is 15.2. The van der Waals surface area contributed by atoms with Crippen molar-refractivity contribution >= 4 is 29.3 Å². The molecule has 0 aliphatic rings. The van der Waals surface area contributed by atoms with Crippen molar-refractivity contribution in [1.82, 2.24) is 20.1 Å². The van der Waals surface area contributed by atoms with Gasteiger partial charge in [-0.25, -0.2) is 0 Å². The Hall–Kier alpha value is -2.51. The molecule has 1 N–H and O–H groups in total. The highest BCUT2D eigenvalue weighted by Crippen LogP contribution is 2.30. The van der Waals surface area contributed by atoms with Gasteiger partial charge in [-0.2, -0.15) is 0 Å². The van der Waals surface area contributed by atoms with Gasteiger partial charge in [0.1, 0.15) is 5.75 Å². The van der Waals surface area contributed by atoms with Crippen molar-refractivity contribution in [2.45, 2.75) is 25.4 Å². The van der Waals surface area contributed by atoms with Crippen LogP contribution in [0.5, 0.6) is 5.75 Å². The van der Waals surface area contributed by atoms with Crippen LogP contribution in [0.4, 0.5) is 0 Å². The predicted octanol–water partition coefficient (Wildman–Crippen LogP) is 4.60. The molecule has 6 nitrogen and oxygen atoms in total. The minimum atomic E-state index is -0.0256. The Morgan fingerprint density at radius 2 is 1.97 bits per heavy atom. The van der Waals surface area contributed by atoms with Gasteiger partial charge in [0.25, 0.3) is 0 Å². The lowest BCUT2D eigenvalue weighted by Crippen LogP contribution is -2.25. The third-order valence-corrected chi connectivity index (χ3v) is 5.19.